The zero-order valence-corrected chi connectivity index (χ0v) is 5.33. The van der Waals surface area contributed by atoms with Gasteiger partial charge in [0.05, 0.1) is 19.6 Å². The number of aliphatic hydroxyl groups is 1. The minimum absolute atomic E-state index is 0.0208. The van der Waals surface area contributed by atoms with Crippen LogP contribution in [0, 0.1) is 0 Å². The molecule has 0 rings (SSSR count). The molecule has 0 amide bonds. The van der Waals surface area contributed by atoms with Crippen LogP contribution in [0.4, 0.5) is 0 Å². The van der Waals surface area contributed by atoms with Crippen molar-refractivity contribution in [3.63, 3.8) is 0 Å². The first-order valence-electron chi connectivity index (χ1n) is 2.65. The number of hydrogen-bond donors (Lipinski definition) is 2. The van der Waals surface area contributed by atoms with Crippen LogP contribution in [-0.2, 0) is 9.53 Å². The summed E-state index contributed by atoms with van der Waals surface area (Å²) in [6, 6.07) is 0. The van der Waals surface area contributed by atoms with Gasteiger partial charge in [-0.1, -0.05) is 0 Å². The maximum absolute atomic E-state index is 10.3. The highest BCUT2D eigenvalue weighted by molar-refractivity contribution is 5.69. The van der Waals surface area contributed by atoms with E-state index in [9.17, 15) is 4.79 Å². The van der Waals surface area contributed by atoms with E-state index >= 15 is 0 Å². The monoisotopic (exact) mass is 133 g/mol. The van der Waals surface area contributed by atoms with Gasteiger partial charge in [-0.05, 0) is 0 Å². The molecular weight excluding hydrogens is 122 g/mol. The van der Waals surface area contributed by atoms with Gasteiger partial charge >= 0.3 is 5.97 Å². The van der Waals surface area contributed by atoms with E-state index in [0.29, 0.717) is 0 Å². The molecule has 4 heteroatoms. The lowest BCUT2D eigenvalue weighted by atomic mass is 10.2. The summed E-state index contributed by atoms with van der Waals surface area (Å²) in [5.74, 6) is -0.437. The first-order valence-corrected chi connectivity index (χ1v) is 2.65. The van der Waals surface area contributed by atoms with Crippen LogP contribution in [0.5, 0.6) is 0 Å². The van der Waals surface area contributed by atoms with Crippen LogP contribution in [0.2, 0.25) is 0 Å². The van der Waals surface area contributed by atoms with E-state index in [4.69, 9.17) is 10.8 Å². The van der Waals surface area contributed by atoms with Crippen molar-refractivity contribution in [2.45, 2.75) is 12.5 Å². The van der Waals surface area contributed by atoms with Gasteiger partial charge in [-0.3, -0.25) is 4.79 Å². The highest BCUT2D eigenvalue weighted by Gasteiger charge is 2.07. The molecule has 0 radical (unpaired) electrons. The van der Waals surface area contributed by atoms with Gasteiger partial charge in [0.1, 0.15) is 0 Å². The molecule has 0 aromatic heterocycles. The summed E-state index contributed by atoms with van der Waals surface area (Å²) in [5.41, 5.74) is 5.02. The molecule has 0 spiro atoms. The molecule has 0 aliphatic rings. The minimum Gasteiger partial charge on any atom is -0.469 e. The number of aliphatic hydroxyl groups excluding tert-OH is 1. The van der Waals surface area contributed by atoms with Gasteiger partial charge in [0.15, 0.2) is 0 Å². The fraction of sp³-hybridized carbons (Fsp3) is 0.800. The molecule has 0 aliphatic carbocycles. The fourth-order valence-electron chi connectivity index (χ4n) is 0.359. The second-order valence-corrected chi connectivity index (χ2v) is 1.67. The summed E-state index contributed by atoms with van der Waals surface area (Å²) in [5, 5.41) is 8.73. The topological polar surface area (TPSA) is 72.5 Å². The Balaban J connectivity index is 3.34. The van der Waals surface area contributed by atoms with Crippen molar-refractivity contribution in [2.24, 2.45) is 5.73 Å². The molecule has 0 saturated carbocycles. The molecule has 4 nitrogen and oxygen atoms in total. The van der Waals surface area contributed by atoms with Crippen molar-refractivity contribution in [2.75, 3.05) is 13.7 Å². The van der Waals surface area contributed by atoms with E-state index < -0.39 is 12.1 Å². The molecule has 54 valence electrons. The molecule has 0 unspecified atom stereocenters. The summed E-state index contributed by atoms with van der Waals surface area (Å²) >= 11 is 0. The first kappa shape index (κ1) is 8.39. The zero-order chi connectivity index (χ0) is 7.28. The average molecular weight is 133 g/mol. The molecule has 0 heterocycles. The third kappa shape index (κ3) is 3.93. The Kier molecular flexibility index (Phi) is 4.00. The number of carbonyl (C=O) groups is 1. The minimum atomic E-state index is -0.766. The van der Waals surface area contributed by atoms with Crippen molar-refractivity contribution in [3.8, 4) is 0 Å². The lowest BCUT2D eigenvalue weighted by molar-refractivity contribution is -0.142. The van der Waals surface area contributed by atoms with Crippen LogP contribution < -0.4 is 5.73 Å². The number of esters is 1. The second-order valence-electron chi connectivity index (χ2n) is 1.67. The third-order valence-electron chi connectivity index (χ3n) is 0.902. The van der Waals surface area contributed by atoms with E-state index in [0.717, 1.165) is 0 Å². The van der Waals surface area contributed by atoms with Gasteiger partial charge < -0.3 is 15.6 Å². The summed E-state index contributed by atoms with van der Waals surface area (Å²) in [7, 11) is 1.27. The molecule has 3 N–H and O–H groups in total. The Hall–Kier alpha value is -0.610. The number of methoxy groups -OCH3 is 1. The zero-order valence-electron chi connectivity index (χ0n) is 5.33. The second kappa shape index (κ2) is 4.29. The predicted molar refractivity (Wildman–Crippen MR) is 31.7 cm³/mol. The molecular formula is C5H11NO3. The predicted octanol–water partition coefficient (Wildman–Crippen LogP) is -1.13. The third-order valence-corrected chi connectivity index (χ3v) is 0.902. The average Bonchev–Trinajstić information content (AvgIpc) is 1.87. The molecule has 0 fully saturated rings. The van der Waals surface area contributed by atoms with Crippen LogP contribution in [-0.4, -0.2) is 30.8 Å². The van der Waals surface area contributed by atoms with Gasteiger partial charge in [-0.2, -0.15) is 0 Å². The Bertz CT molecular complexity index is 94.2. The maximum atomic E-state index is 10.3. The van der Waals surface area contributed by atoms with Crippen molar-refractivity contribution in [1.29, 1.82) is 0 Å². The van der Waals surface area contributed by atoms with E-state index in [1.165, 1.54) is 7.11 Å². The van der Waals surface area contributed by atoms with Crippen molar-refractivity contribution < 1.29 is 14.6 Å². The van der Waals surface area contributed by atoms with E-state index in [1.54, 1.807) is 0 Å². The highest BCUT2D eigenvalue weighted by Crippen LogP contribution is 1.89. The molecule has 1 atom stereocenters. The van der Waals surface area contributed by atoms with Gasteiger partial charge in [0.25, 0.3) is 0 Å². The van der Waals surface area contributed by atoms with Gasteiger partial charge in [0, 0.05) is 6.54 Å². The molecule has 0 aromatic carbocycles. The van der Waals surface area contributed by atoms with Crippen LogP contribution in [0.1, 0.15) is 6.42 Å². The molecule has 0 bridgehead atoms. The summed E-state index contributed by atoms with van der Waals surface area (Å²) < 4.78 is 4.27. The molecule has 0 aliphatic heterocycles. The van der Waals surface area contributed by atoms with Crippen LogP contribution in [0.3, 0.4) is 0 Å². The fourth-order valence-corrected chi connectivity index (χ4v) is 0.359. The van der Waals surface area contributed by atoms with Crippen molar-refractivity contribution in [1.82, 2.24) is 0 Å². The van der Waals surface area contributed by atoms with Crippen molar-refractivity contribution in [3.05, 3.63) is 0 Å². The van der Waals surface area contributed by atoms with Gasteiger partial charge in [-0.25, -0.2) is 0 Å². The van der Waals surface area contributed by atoms with Crippen LogP contribution in [0.15, 0.2) is 0 Å². The Labute approximate surface area is 53.6 Å². The normalized spacial score (nSPS) is 12.8. The number of ether oxygens (including phenoxy) is 1. The Morgan fingerprint density at radius 2 is 2.44 bits per heavy atom. The number of nitrogens with two attached hydrogens (primary N) is 1. The number of hydrogen-bond acceptors (Lipinski definition) is 4. The Morgan fingerprint density at radius 3 is 2.78 bits per heavy atom. The first-order chi connectivity index (χ1) is 4.20. The summed E-state index contributed by atoms with van der Waals surface area (Å²) in [6.07, 6.45) is -0.787. The van der Waals surface area contributed by atoms with Crippen LogP contribution >= 0.6 is 0 Å². The largest absolute Gasteiger partial charge is 0.469 e. The lowest BCUT2D eigenvalue weighted by Gasteiger charge is -2.03. The molecule has 0 saturated heterocycles. The summed E-state index contributed by atoms with van der Waals surface area (Å²) in [6.45, 7) is 0.0924. The molecule has 9 heavy (non-hydrogen) atoms. The SMILES string of the molecule is COC(=O)C[C@@H](O)CN. The van der Waals surface area contributed by atoms with Gasteiger partial charge in [-0.15, -0.1) is 0 Å². The molecule has 0 aromatic rings. The quantitative estimate of drug-likeness (QED) is 0.478. The summed E-state index contributed by atoms with van der Waals surface area (Å²) in [4.78, 5) is 10.3. The lowest BCUT2D eigenvalue weighted by Crippen LogP contribution is -2.23. The van der Waals surface area contributed by atoms with Crippen molar-refractivity contribution >= 4 is 5.97 Å². The van der Waals surface area contributed by atoms with E-state index in [-0.39, 0.29) is 13.0 Å². The van der Waals surface area contributed by atoms with E-state index in [2.05, 4.69) is 4.74 Å². The Morgan fingerprint density at radius 1 is 1.89 bits per heavy atom. The maximum Gasteiger partial charge on any atom is 0.308 e. The van der Waals surface area contributed by atoms with Gasteiger partial charge in [0.2, 0.25) is 0 Å². The van der Waals surface area contributed by atoms with Crippen LogP contribution in [0.25, 0.3) is 0 Å². The number of carbonyl (C=O) groups excluding carboxylic acids is 1. The smallest absolute Gasteiger partial charge is 0.308 e. The van der Waals surface area contributed by atoms with E-state index in [1.807, 2.05) is 0 Å². The number of rotatable bonds is 3. The standard InChI is InChI=1S/C5H11NO3/c1-9-5(8)2-4(7)3-6/h4,7H,2-3,6H2,1H3/t4-/m1/s1. The highest BCUT2D eigenvalue weighted by atomic mass is 16.5.